The molecule has 0 aliphatic heterocycles. The first-order valence-corrected chi connectivity index (χ1v) is 4.94. The molecule has 0 unspecified atom stereocenters. The van der Waals surface area contributed by atoms with Crippen LogP contribution in [0.2, 0.25) is 0 Å². The number of rotatable bonds is 2. The number of hydrogen-bond acceptors (Lipinski definition) is 2. The topological polar surface area (TPSA) is 26.3 Å². The molecule has 0 saturated carbocycles. The van der Waals surface area contributed by atoms with Gasteiger partial charge in [0, 0.05) is 10.5 Å². The minimum Gasteiger partial charge on any atom is -0.466 e. The van der Waals surface area contributed by atoms with Crippen LogP contribution in [0, 0.1) is 6.92 Å². The summed E-state index contributed by atoms with van der Waals surface area (Å²) >= 11 is 3.39. The number of aryl methyl sites for hydroxylation is 1. The summed E-state index contributed by atoms with van der Waals surface area (Å²) in [4.78, 5) is 10.8. The Bertz CT molecular complexity index is 349. The molecule has 0 N–H and O–H groups in total. The maximum absolute atomic E-state index is 10.8. The Morgan fingerprint density at radius 2 is 2.14 bits per heavy atom. The van der Waals surface area contributed by atoms with Gasteiger partial charge in [0.15, 0.2) is 0 Å². The summed E-state index contributed by atoms with van der Waals surface area (Å²) in [6, 6.07) is 5.94. The molecule has 0 saturated heterocycles. The minimum absolute atomic E-state index is 0.345. The Kier molecular flexibility index (Phi) is 3.89. The van der Waals surface area contributed by atoms with Crippen LogP contribution in [0.3, 0.4) is 0 Å². The van der Waals surface area contributed by atoms with E-state index in [9.17, 15) is 4.79 Å². The van der Waals surface area contributed by atoms with E-state index in [1.807, 2.05) is 25.1 Å². The molecule has 0 aliphatic rings. The zero-order valence-electron chi connectivity index (χ0n) is 8.08. The lowest BCUT2D eigenvalue weighted by Crippen LogP contribution is -1.93. The maximum Gasteiger partial charge on any atom is 0.330 e. The Morgan fingerprint density at radius 3 is 2.71 bits per heavy atom. The number of hydrogen-bond donors (Lipinski definition) is 0. The predicted molar refractivity (Wildman–Crippen MR) is 59.9 cm³/mol. The summed E-state index contributed by atoms with van der Waals surface area (Å²) in [7, 11) is 1.36. The first-order chi connectivity index (χ1) is 6.61. The van der Waals surface area contributed by atoms with E-state index >= 15 is 0 Å². The normalized spacial score (nSPS) is 10.5. The average Bonchev–Trinajstić information content (AvgIpc) is 2.12. The highest BCUT2D eigenvalue weighted by Crippen LogP contribution is 2.16. The van der Waals surface area contributed by atoms with Gasteiger partial charge in [0.2, 0.25) is 0 Å². The van der Waals surface area contributed by atoms with Crippen molar-refractivity contribution in [1.82, 2.24) is 0 Å². The largest absolute Gasteiger partial charge is 0.466 e. The van der Waals surface area contributed by atoms with Gasteiger partial charge < -0.3 is 4.74 Å². The molecule has 0 radical (unpaired) electrons. The van der Waals surface area contributed by atoms with Crippen LogP contribution in [-0.4, -0.2) is 13.1 Å². The van der Waals surface area contributed by atoms with Crippen LogP contribution in [0.1, 0.15) is 11.1 Å². The Balaban J connectivity index is 2.86. The summed E-state index contributed by atoms with van der Waals surface area (Å²) in [6.45, 7) is 2.00. The van der Waals surface area contributed by atoms with Crippen molar-refractivity contribution in [2.75, 3.05) is 7.11 Å². The summed E-state index contributed by atoms with van der Waals surface area (Å²) in [6.07, 6.45) is 3.13. The van der Waals surface area contributed by atoms with Gasteiger partial charge in [0.05, 0.1) is 7.11 Å². The second-order valence-electron chi connectivity index (χ2n) is 2.92. The molecule has 0 spiro atoms. The van der Waals surface area contributed by atoms with Gasteiger partial charge in [-0.25, -0.2) is 4.79 Å². The van der Waals surface area contributed by atoms with E-state index in [0.29, 0.717) is 0 Å². The Hall–Kier alpha value is -1.09. The summed E-state index contributed by atoms with van der Waals surface area (Å²) in [5, 5.41) is 0. The number of carbonyl (C=O) groups excluding carboxylic acids is 1. The van der Waals surface area contributed by atoms with Crippen molar-refractivity contribution in [2.24, 2.45) is 0 Å². The third kappa shape index (κ3) is 3.34. The fourth-order valence-corrected chi connectivity index (χ4v) is 1.72. The molecule has 1 aromatic rings. The SMILES string of the molecule is COC(=O)/C=C/c1cc(C)cc(Br)c1. The predicted octanol–water partition coefficient (Wildman–Crippen LogP) is 2.94. The first kappa shape index (κ1) is 11.0. The third-order valence-electron chi connectivity index (χ3n) is 1.68. The zero-order valence-corrected chi connectivity index (χ0v) is 9.67. The second-order valence-corrected chi connectivity index (χ2v) is 3.83. The molecular formula is C11H11BrO2. The highest BCUT2D eigenvalue weighted by Gasteiger charge is 1.95. The molecule has 0 heterocycles. The molecule has 0 aliphatic carbocycles. The number of methoxy groups -OCH3 is 1. The third-order valence-corrected chi connectivity index (χ3v) is 2.14. The van der Waals surface area contributed by atoms with Crippen LogP contribution < -0.4 is 0 Å². The smallest absolute Gasteiger partial charge is 0.330 e. The van der Waals surface area contributed by atoms with Gasteiger partial charge >= 0.3 is 5.97 Å². The average molecular weight is 255 g/mol. The van der Waals surface area contributed by atoms with Crippen LogP contribution in [-0.2, 0) is 9.53 Å². The van der Waals surface area contributed by atoms with Gasteiger partial charge in [0.1, 0.15) is 0 Å². The Labute approximate surface area is 91.7 Å². The molecule has 0 amide bonds. The molecule has 74 valence electrons. The van der Waals surface area contributed by atoms with Crippen molar-refractivity contribution in [1.29, 1.82) is 0 Å². The number of esters is 1. The fraction of sp³-hybridized carbons (Fsp3) is 0.182. The van der Waals surface area contributed by atoms with E-state index in [2.05, 4.69) is 20.7 Å². The summed E-state index contributed by atoms with van der Waals surface area (Å²) in [5.41, 5.74) is 2.12. The van der Waals surface area contributed by atoms with Gasteiger partial charge in [-0.2, -0.15) is 0 Å². The highest BCUT2D eigenvalue weighted by molar-refractivity contribution is 9.10. The van der Waals surface area contributed by atoms with Crippen molar-refractivity contribution < 1.29 is 9.53 Å². The van der Waals surface area contributed by atoms with Crippen molar-refractivity contribution in [3.63, 3.8) is 0 Å². The van der Waals surface area contributed by atoms with Crippen LogP contribution in [0.4, 0.5) is 0 Å². The number of halogens is 1. The summed E-state index contributed by atoms with van der Waals surface area (Å²) < 4.78 is 5.50. The molecule has 14 heavy (non-hydrogen) atoms. The molecule has 2 nitrogen and oxygen atoms in total. The van der Waals surface area contributed by atoms with Crippen LogP contribution in [0.25, 0.3) is 6.08 Å². The van der Waals surface area contributed by atoms with Gasteiger partial charge in [-0.3, -0.25) is 0 Å². The number of benzene rings is 1. The van der Waals surface area contributed by atoms with Crippen molar-refractivity contribution in [3.05, 3.63) is 39.9 Å². The zero-order chi connectivity index (χ0) is 10.6. The highest BCUT2D eigenvalue weighted by atomic mass is 79.9. The molecular weight excluding hydrogens is 244 g/mol. The van der Waals surface area contributed by atoms with Crippen molar-refractivity contribution in [3.8, 4) is 0 Å². The molecule has 1 rings (SSSR count). The molecule has 0 aromatic heterocycles. The van der Waals surface area contributed by atoms with Gasteiger partial charge in [0.25, 0.3) is 0 Å². The van der Waals surface area contributed by atoms with Gasteiger partial charge in [-0.15, -0.1) is 0 Å². The summed E-state index contributed by atoms with van der Waals surface area (Å²) in [5.74, 6) is -0.345. The molecule has 1 aromatic carbocycles. The van der Waals surface area contributed by atoms with E-state index in [-0.39, 0.29) is 5.97 Å². The lowest BCUT2D eigenvalue weighted by molar-refractivity contribution is -0.134. The second kappa shape index (κ2) is 4.96. The van der Waals surface area contributed by atoms with E-state index in [1.54, 1.807) is 6.08 Å². The van der Waals surface area contributed by atoms with Crippen molar-refractivity contribution >= 4 is 28.0 Å². The quantitative estimate of drug-likeness (QED) is 0.600. The molecule has 3 heteroatoms. The number of carbonyl (C=O) groups is 1. The van der Waals surface area contributed by atoms with E-state index in [0.717, 1.165) is 15.6 Å². The lowest BCUT2D eigenvalue weighted by atomic mass is 10.1. The van der Waals surface area contributed by atoms with Gasteiger partial charge in [-0.05, 0) is 36.3 Å². The fourth-order valence-electron chi connectivity index (χ4n) is 1.09. The van der Waals surface area contributed by atoms with E-state index < -0.39 is 0 Å². The number of ether oxygens (including phenoxy) is 1. The van der Waals surface area contributed by atoms with Crippen LogP contribution in [0.15, 0.2) is 28.7 Å². The lowest BCUT2D eigenvalue weighted by Gasteiger charge is -1.98. The first-order valence-electron chi connectivity index (χ1n) is 4.15. The monoisotopic (exact) mass is 254 g/mol. The van der Waals surface area contributed by atoms with E-state index in [4.69, 9.17) is 0 Å². The minimum atomic E-state index is -0.345. The van der Waals surface area contributed by atoms with Crippen LogP contribution in [0.5, 0.6) is 0 Å². The van der Waals surface area contributed by atoms with Crippen molar-refractivity contribution in [2.45, 2.75) is 6.92 Å². The molecule has 0 bridgehead atoms. The standard InChI is InChI=1S/C11H11BrO2/c1-8-5-9(7-10(12)6-8)3-4-11(13)14-2/h3-7H,1-2H3/b4-3+. The van der Waals surface area contributed by atoms with Gasteiger partial charge in [-0.1, -0.05) is 22.0 Å². The van der Waals surface area contributed by atoms with Crippen LogP contribution >= 0.6 is 15.9 Å². The maximum atomic E-state index is 10.8. The van der Waals surface area contributed by atoms with E-state index in [1.165, 1.54) is 13.2 Å². The molecule has 0 fully saturated rings. The molecule has 0 atom stereocenters. The Morgan fingerprint density at radius 1 is 1.43 bits per heavy atom.